The second-order valence-corrected chi connectivity index (χ2v) is 6.02. The number of hydrogen-bond donors (Lipinski definition) is 3. The summed E-state index contributed by atoms with van der Waals surface area (Å²) in [6.45, 7) is 5.12. The van der Waals surface area contributed by atoms with E-state index in [2.05, 4.69) is 34.4 Å². The summed E-state index contributed by atoms with van der Waals surface area (Å²) in [5, 5.41) is 16.2. The molecule has 0 aliphatic heterocycles. The van der Waals surface area contributed by atoms with E-state index in [4.69, 9.17) is 0 Å². The molecule has 0 bridgehead atoms. The Kier molecular flexibility index (Phi) is 5.79. The van der Waals surface area contributed by atoms with E-state index in [0.717, 1.165) is 68.1 Å². The number of aliphatic hydroxyl groups excluding tert-OH is 1. The summed E-state index contributed by atoms with van der Waals surface area (Å²) in [5.41, 5.74) is 1.08. The monoisotopic (exact) mass is 292 g/mol. The summed E-state index contributed by atoms with van der Waals surface area (Å²) < 4.78 is 0. The Balaban J connectivity index is 2.02. The van der Waals surface area contributed by atoms with Crippen LogP contribution in [0.2, 0.25) is 0 Å². The predicted octanol–water partition coefficient (Wildman–Crippen LogP) is 2.74. The van der Waals surface area contributed by atoms with Gasteiger partial charge in [-0.25, -0.2) is 9.97 Å². The highest BCUT2D eigenvalue weighted by atomic mass is 16.3. The first-order valence-corrected chi connectivity index (χ1v) is 8.11. The minimum atomic E-state index is -0.0888. The van der Waals surface area contributed by atoms with Gasteiger partial charge in [0, 0.05) is 25.6 Å². The van der Waals surface area contributed by atoms with Crippen LogP contribution in [0.5, 0.6) is 0 Å². The molecule has 5 heteroatoms. The fourth-order valence-electron chi connectivity index (χ4n) is 2.90. The maximum absolute atomic E-state index is 9.57. The van der Waals surface area contributed by atoms with E-state index in [0.29, 0.717) is 5.92 Å². The fraction of sp³-hybridized carbons (Fsp3) is 0.750. The van der Waals surface area contributed by atoms with Crippen molar-refractivity contribution in [2.45, 2.75) is 58.5 Å². The smallest absolute Gasteiger partial charge is 0.134 e. The van der Waals surface area contributed by atoms with Gasteiger partial charge >= 0.3 is 0 Å². The van der Waals surface area contributed by atoms with Gasteiger partial charge in [0.1, 0.15) is 17.5 Å². The van der Waals surface area contributed by atoms with Gasteiger partial charge in [-0.05, 0) is 44.9 Å². The molecule has 0 unspecified atom stereocenters. The molecule has 1 aliphatic rings. The third-order valence-electron chi connectivity index (χ3n) is 4.28. The van der Waals surface area contributed by atoms with Gasteiger partial charge in [-0.1, -0.05) is 6.92 Å². The first kappa shape index (κ1) is 16.0. The molecule has 1 aromatic rings. The van der Waals surface area contributed by atoms with Gasteiger partial charge in [0.25, 0.3) is 0 Å². The molecular weight excluding hydrogens is 264 g/mol. The van der Waals surface area contributed by atoms with Gasteiger partial charge in [0.15, 0.2) is 0 Å². The molecule has 1 aromatic heterocycles. The summed E-state index contributed by atoms with van der Waals surface area (Å²) >= 11 is 0. The molecule has 0 saturated heterocycles. The van der Waals surface area contributed by atoms with E-state index >= 15 is 0 Å². The lowest BCUT2D eigenvalue weighted by molar-refractivity contribution is 0.111. The van der Waals surface area contributed by atoms with Crippen LogP contribution in [0.3, 0.4) is 0 Å². The summed E-state index contributed by atoms with van der Waals surface area (Å²) in [7, 11) is 1.90. The number of aliphatic hydroxyl groups is 1. The Morgan fingerprint density at radius 2 is 1.81 bits per heavy atom. The van der Waals surface area contributed by atoms with Gasteiger partial charge in [0.05, 0.1) is 6.10 Å². The SMILES string of the molecule is CCCc1nc(NC)c(C)c(NCC2CCC(O)CC2)n1. The summed E-state index contributed by atoms with van der Waals surface area (Å²) in [6.07, 6.45) is 5.91. The Hall–Kier alpha value is -1.36. The van der Waals surface area contributed by atoms with Crippen molar-refractivity contribution in [1.29, 1.82) is 0 Å². The number of hydrogen-bond acceptors (Lipinski definition) is 5. The molecule has 1 aliphatic carbocycles. The average Bonchev–Trinajstić information content (AvgIpc) is 2.49. The highest BCUT2D eigenvalue weighted by Crippen LogP contribution is 2.26. The molecule has 21 heavy (non-hydrogen) atoms. The zero-order valence-corrected chi connectivity index (χ0v) is 13.4. The van der Waals surface area contributed by atoms with Crippen LogP contribution in [0.25, 0.3) is 0 Å². The van der Waals surface area contributed by atoms with Crippen LogP contribution in [0.1, 0.15) is 50.4 Å². The second-order valence-electron chi connectivity index (χ2n) is 6.02. The van der Waals surface area contributed by atoms with E-state index in [1.54, 1.807) is 0 Å². The van der Waals surface area contributed by atoms with Crippen molar-refractivity contribution in [1.82, 2.24) is 9.97 Å². The third kappa shape index (κ3) is 4.30. The molecule has 2 rings (SSSR count). The van der Waals surface area contributed by atoms with Crippen molar-refractivity contribution < 1.29 is 5.11 Å². The zero-order chi connectivity index (χ0) is 15.2. The molecule has 0 spiro atoms. The van der Waals surface area contributed by atoms with Crippen LogP contribution in [-0.2, 0) is 6.42 Å². The van der Waals surface area contributed by atoms with Crippen LogP contribution in [-0.4, -0.2) is 34.8 Å². The first-order chi connectivity index (χ1) is 10.1. The molecule has 3 N–H and O–H groups in total. The normalized spacial score (nSPS) is 22.1. The summed E-state index contributed by atoms with van der Waals surface area (Å²) in [6, 6.07) is 0. The Morgan fingerprint density at radius 1 is 1.14 bits per heavy atom. The number of aryl methyl sites for hydroxylation is 1. The molecule has 5 nitrogen and oxygen atoms in total. The van der Waals surface area contributed by atoms with Crippen molar-refractivity contribution >= 4 is 11.6 Å². The van der Waals surface area contributed by atoms with Crippen LogP contribution in [0.15, 0.2) is 0 Å². The molecule has 1 saturated carbocycles. The first-order valence-electron chi connectivity index (χ1n) is 8.11. The minimum absolute atomic E-state index is 0.0888. The topological polar surface area (TPSA) is 70.1 Å². The Bertz CT molecular complexity index is 456. The minimum Gasteiger partial charge on any atom is -0.393 e. The largest absolute Gasteiger partial charge is 0.393 e. The highest BCUT2D eigenvalue weighted by Gasteiger charge is 2.19. The summed E-state index contributed by atoms with van der Waals surface area (Å²) in [5.74, 6) is 3.39. The van der Waals surface area contributed by atoms with Crippen molar-refractivity contribution in [2.75, 3.05) is 24.2 Å². The second kappa shape index (κ2) is 7.59. The van der Waals surface area contributed by atoms with Gasteiger partial charge in [0.2, 0.25) is 0 Å². The average molecular weight is 292 g/mol. The van der Waals surface area contributed by atoms with Crippen LogP contribution in [0.4, 0.5) is 11.6 Å². The van der Waals surface area contributed by atoms with Crippen molar-refractivity contribution in [2.24, 2.45) is 5.92 Å². The van der Waals surface area contributed by atoms with Gasteiger partial charge in [-0.2, -0.15) is 0 Å². The molecular formula is C16H28N4O. The maximum Gasteiger partial charge on any atom is 0.134 e. The van der Waals surface area contributed by atoms with E-state index < -0.39 is 0 Å². The quantitative estimate of drug-likeness (QED) is 0.752. The van der Waals surface area contributed by atoms with Crippen molar-refractivity contribution in [3.05, 3.63) is 11.4 Å². The predicted molar refractivity (Wildman–Crippen MR) is 86.8 cm³/mol. The van der Waals surface area contributed by atoms with E-state index in [-0.39, 0.29) is 6.10 Å². The van der Waals surface area contributed by atoms with Crippen LogP contribution >= 0.6 is 0 Å². The zero-order valence-electron chi connectivity index (χ0n) is 13.4. The highest BCUT2D eigenvalue weighted by molar-refractivity contribution is 5.57. The van der Waals surface area contributed by atoms with Crippen molar-refractivity contribution in [3.63, 3.8) is 0 Å². The Labute approximate surface area is 127 Å². The summed E-state index contributed by atoms with van der Waals surface area (Å²) in [4.78, 5) is 9.21. The molecule has 0 amide bonds. The van der Waals surface area contributed by atoms with Crippen LogP contribution < -0.4 is 10.6 Å². The number of rotatable bonds is 6. The van der Waals surface area contributed by atoms with Crippen LogP contribution in [0, 0.1) is 12.8 Å². The maximum atomic E-state index is 9.57. The number of aromatic nitrogens is 2. The van der Waals surface area contributed by atoms with Gasteiger partial charge in [-0.15, -0.1) is 0 Å². The fourth-order valence-corrected chi connectivity index (χ4v) is 2.90. The third-order valence-corrected chi connectivity index (χ3v) is 4.28. The lowest BCUT2D eigenvalue weighted by Gasteiger charge is -2.26. The molecule has 1 fully saturated rings. The van der Waals surface area contributed by atoms with E-state index in [1.807, 2.05) is 7.05 Å². The molecule has 0 aromatic carbocycles. The lowest BCUT2D eigenvalue weighted by Crippen LogP contribution is -2.24. The standard InChI is InChI=1S/C16H28N4O/c1-4-5-14-19-15(17-3)11(2)16(20-14)18-10-12-6-8-13(21)9-7-12/h12-13,21H,4-10H2,1-3H3,(H2,17,18,19,20). The van der Waals surface area contributed by atoms with Crippen molar-refractivity contribution in [3.8, 4) is 0 Å². The van der Waals surface area contributed by atoms with E-state index in [1.165, 1.54) is 0 Å². The molecule has 0 atom stereocenters. The van der Waals surface area contributed by atoms with E-state index in [9.17, 15) is 5.11 Å². The molecule has 1 heterocycles. The van der Waals surface area contributed by atoms with Gasteiger partial charge < -0.3 is 15.7 Å². The van der Waals surface area contributed by atoms with Gasteiger partial charge in [-0.3, -0.25) is 0 Å². The number of nitrogens with zero attached hydrogens (tertiary/aromatic N) is 2. The number of nitrogens with one attached hydrogen (secondary N) is 2. The number of anilines is 2. The molecule has 0 radical (unpaired) electrons. The lowest BCUT2D eigenvalue weighted by atomic mass is 9.87. The Morgan fingerprint density at radius 3 is 2.43 bits per heavy atom. The molecule has 118 valence electrons.